The average Bonchev–Trinajstić information content (AvgIpc) is 3.09. The number of amides is 1. The van der Waals surface area contributed by atoms with E-state index in [4.69, 9.17) is 9.47 Å². The zero-order chi connectivity index (χ0) is 15.7. The molecule has 2 fully saturated rings. The zero-order valence-electron chi connectivity index (χ0n) is 12.2. The highest BCUT2D eigenvalue weighted by Crippen LogP contribution is 2.47. The predicted octanol–water partition coefficient (Wildman–Crippen LogP) is 1.39. The molecule has 0 aliphatic carbocycles. The molecule has 0 unspecified atom stereocenters. The van der Waals surface area contributed by atoms with Crippen LogP contribution in [0.25, 0.3) is 0 Å². The number of ether oxygens (including phenoxy) is 2. The van der Waals surface area contributed by atoms with Crippen LogP contribution in [-0.2, 0) is 19.1 Å². The maximum Gasteiger partial charge on any atom is 0.331 e. The average molecular weight is 300 g/mol. The van der Waals surface area contributed by atoms with Crippen LogP contribution in [0, 0.1) is 16.7 Å². The number of benzene rings is 1. The molecule has 1 aromatic carbocycles. The fourth-order valence-electron chi connectivity index (χ4n) is 3.11. The third-order valence-corrected chi connectivity index (χ3v) is 4.16. The van der Waals surface area contributed by atoms with E-state index < -0.39 is 17.6 Å². The van der Waals surface area contributed by atoms with Crippen LogP contribution < -0.4 is 0 Å². The third kappa shape index (κ3) is 1.97. The van der Waals surface area contributed by atoms with Crippen LogP contribution in [0.5, 0.6) is 0 Å². The second-order valence-corrected chi connectivity index (χ2v) is 5.39. The summed E-state index contributed by atoms with van der Waals surface area (Å²) in [6, 6.07) is 11.2. The van der Waals surface area contributed by atoms with E-state index >= 15 is 0 Å². The summed E-state index contributed by atoms with van der Waals surface area (Å²) < 4.78 is 10.7. The second-order valence-electron chi connectivity index (χ2n) is 5.39. The van der Waals surface area contributed by atoms with Gasteiger partial charge in [0.1, 0.15) is 0 Å². The van der Waals surface area contributed by atoms with Gasteiger partial charge in [-0.05, 0) is 12.5 Å². The molecule has 3 rings (SSSR count). The Bertz CT molecular complexity index is 639. The topological polar surface area (TPSA) is 79.6 Å². The molecule has 2 aliphatic heterocycles. The van der Waals surface area contributed by atoms with Crippen molar-refractivity contribution in [1.29, 1.82) is 5.26 Å². The molecule has 114 valence electrons. The second kappa shape index (κ2) is 5.43. The summed E-state index contributed by atoms with van der Waals surface area (Å²) in [5.41, 5.74) is -0.646. The molecular weight excluding hydrogens is 284 g/mol. The van der Waals surface area contributed by atoms with E-state index in [-0.39, 0.29) is 31.6 Å². The van der Waals surface area contributed by atoms with Crippen molar-refractivity contribution in [2.45, 2.75) is 25.6 Å². The molecule has 2 aliphatic rings. The molecule has 0 bridgehead atoms. The van der Waals surface area contributed by atoms with E-state index in [1.54, 1.807) is 6.92 Å². The van der Waals surface area contributed by atoms with Gasteiger partial charge >= 0.3 is 5.97 Å². The Balaban J connectivity index is 1.95. The van der Waals surface area contributed by atoms with Crippen LogP contribution >= 0.6 is 0 Å². The number of hydrogen-bond donors (Lipinski definition) is 0. The van der Waals surface area contributed by atoms with Crippen molar-refractivity contribution in [3.05, 3.63) is 35.9 Å². The largest absolute Gasteiger partial charge is 0.465 e. The van der Waals surface area contributed by atoms with E-state index in [1.165, 1.54) is 4.90 Å². The van der Waals surface area contributed by atoms with Gasteiger partial charge in [0.25, 0.3) is 0 Å². The van der Waals surface area contributed by atoms with Gasteiger partial charge in [-0.3, -0.25) is 9.59 Å². The number of nitriles is 1. The standard InChI is InChI=1S/C16H16N2O4/c1-2-21-15(20)16(10-17)8-13(19)18-12(9-22-14(16)18)11-6-4-3-5-7-11/h3-7,12,14H,2,8-9H2,1H3/t12-,14-,16-/m0/s1. The first kappa shape index (κ1) is 14.5. The lowest BCUT2D eigenvalue weighted by Gasteiger charge is -2.26. The highest BCUT2D eigenvalue weighted by molar-refractivity contribution is 5.93. The van der Waals surface area contributed by atoms with Crippen LogP contribution in [0.15, 0.2) is 30.3 Å². The summed E-state index contributed by atoms with van der Waals surface area (Å²) in [5, 5.41) is 9.53. The van der Waals surface area contributed by atoms with Crippen LogP contribution in [0.2, 0.25) is 0 Å². The van der Waals surface area contributed by atoms with Crippen molar-refractivity contribution in [1.82, 2.24) is 4.90 Å². The predicted molar refractivity (Wildman–Crippen MR) is 75.1 cm³/mol. The Morgan fingerprint density at radius 2 is 2.23 bits per heavy atom. The zero-order valence-corrected chi connectivity index (χ0v) is 12.2. The van der Waals surface area contributed by atoms with E-state index in [0.717, 1.165) is 5.56 Å². The molecule has 0 aromatic heterocycles. The van der Waals surface area contributed by atoms with Crippen molar-refractivity contribution in [2.24, 2.45) is 5.41 Å². The summed E-state index contributed by atoms with van der Waals surface area (Å²) in [5.74, 6) is -0.946. The van der Waals surface area contributed by atoms with Gasteiger partial charge in [-0.25, -0.2) is 0 Å². The van der Waals surface area contributed by atoms with E-state index in [2.05, 4.69) is 0 Å². The van der Waals surface area contributed by atoms with Crippen molar-refractivity contribution in [2.75, 3.05) is 13.2 Å². The Morgan fingerprint density at radius 3 is 2.86 bits per heavy atom. The molecule has 1 amide bonds. The quantitative estimate of drug-likeness (QED) is 0.788. The Kier molecular flexibility index (Phi) is 3.59. The van der Waals surface area contributed by atoms with Crippen LogP contribution in [0.3, 0.4) is 0 Å². The Labute approximate surface area is 128 Å². The number of fused-ring (bicyclic) bond motifs is 1. The summed E-state index contributed by atoms with van der Waals surface area (Å²) in [6.45, 7) is 2.09. The molecule has 6 heteroatoms. The number of carbonyl (C=O) groups excluding carboxylic acids is 2. The monoisotopic (exact) mass is 300 g/mol. The number of carbonyl (C=O) groups is 2. The van der Waals surface area contributed by atoms with Crippen molar-refractivity contribution in [3.63, 3.8) is 0 Å². The normalized spacial score (nSPS) is 30.0. The lowest BCUT2D eigenvalue weighted by Crippen LogP contribution is -2.43. The number of hydrogen-bond acceptors (Lipinski definition) is 5. The van der Waals surface area contributed by atoms with Crippen LogP contribution in [0.4, 0.5) is 0 Å². The highest BCUT2D eigenvalue weighted by atomic mass is 16.5. The summed E-state index contributed by atoms with van der Waals surface area (Å²) >= 11 is 0. The van der Waals surface area contributed by atoms with Gasteiger partial charge in [0.05, 0.1) is 31.7 Å². The van der Waals surface area contributed by atoms with Gasteiger partial charge in [0, 0.05) is 0 Å². The number of nitrogens with zero attached hydrogens (tertiary/aromatic N) is 2. The fourth-order valence-corrected chi connectivity index (χ4v) is 3.11. The third-order valence-electron chi connectivity index (χ3n) is 4.16. The molecule has 0 N–H and O–H groups in total. The minimum absolute atomic E-state index is 0.158. The van der Waals surface area contributed by atoms with Crippen molar-refractivity contribution in [3.8, 4) is 6.07 Å². The smallest absolute Gasteiger partial charge is 0.331 e. The number of rotatable bonds is 3. The fraction of sp³-hybridized carbons (Fsp3) is 0.438. The lowest BCUT2D eigenvalue weighted by atomic mass is 9.87. The van der Waals surface area contributed by atoms with Crippen LogP contribution in [-0.4, -0.2) is 36.2 Å². The molecule has 6 nitrogen and oxygen atoms in total. The van der Waals surface area contributed by atoms with Gasteiger partial charge in [-0.15, -0.1) is 0 Å². The summed E-state index contributed by atoms with van der Waals surface area (Å²) in [4.78, 5) is 26.1. The minimum Gasteiger partial charge on any atom is -0.465 e. The van der Waals surface area contributed by atoms with Gasteiger partial charge in [-0.2, -0.15) is 5.26 Å². The molecule has 0 spiro atoms. The molecular formula is C16H16N2O4. The van der Waals surface area contributed by atoms with Gasteiger partial charge in [0.15, 0.2) is 6.23 Å². The summed E-state index contributed by atoms with van der Waals surface area (Å²) in [7, 11) is 0. The summed E-state index contributed by atoms with van der Waals surface area (Å²) in [6.07, 6.45) is -1.08. The van der Waals surface area contributed by atoms with Crippen molar-refractivity contribution < 1.29 is 19.1 Å². The maximum absolute atomic E-state index is 12.4. The molecule has 1 aromatic rings. The lowest BCUT2D eigenvalue weighted by molar-refractivity contribution is -0.159. The first-order valence-corrected chi connectivity index (χ1v) is 7.20. The maximum atomic E-state index is 12.4. The molecule has 0 radical (unpaired) electrons. The SMILES string of the molecule is CCOC(=O)[C@]1(C#N)CC(=O)N2[C@H]1OC[C@H]2c1ccccc1. The first-order valence-electron chi connectivity index (χ1n) is 7.20. The molecule has 2 heterocycles. The highest BCUT2D eigenvalue weighted by Gasteiger charge is 2.63. The van der Waals surface area contributed by atoms with E-state index in [9.17, 15) is 14.9 Å². The van der Waals surface area contributed by atoms with Gasteiger partial charge < -0.3 is 14.4 Å². The number of esters is 1. The van der Waals surface area contributed by atoms with Gasteiger partial charge in [-0.1, -0.05) is 30.3 Å². The minimum atomic E-state index is -1.57. The first-order chi connectivity index (χ1) is 10.6. The Morgan fingerprint density at radius 1 is 1.50 bits per heavy atom. The van der Waals surface area contributed by atoms with Crippen molar-refractivity contribution >= 4 is 11.9 Å². The Hall–Kier alpha value is -2.39. The van der Waals surface area contributed by atoms with E-state index in [1.807, 2.05) is 36.4 Å². The molecule has 3 atom stereocenters. The van der Waals surface area contributed by atoms with E-state index in [0.29, 0.717) is 0 Å². The van der Waals surface area contributed by atoms with Gasteiger partial charge in [0.2, 0.25) is 11.3 Å². The van der Waals surface area contributed by atoms with Crippen LogP contribution in [0.1, 0.15) is 24.9 Å². The molecule has 0 saturated carbocycles. The molecule has 22 heavy (non-hydrogen) atoms. The molecule has 2 saturated heterocycles.